The molecule has 0 aliphatic carbocycles. The molecule has 1 rings (SSSR count). The smallest absolute Gasteiger partial charge is 0.145 e. The average molecular weight is 160 g/mol. The lowest BCUT2D eigenvalue weighted by Gasteiger charge is -2.14. The average Bonchev–Trinajstić information content (AvgIpc) is 2.00. The van der Waals surface area contributed by atoms with Crippen molar-refractivity contribution in [2.75, 3.05) is 11.5 Å². The lowest BCUT2D eigenvalue weighted by Crippen LogP contribution is -2.19. The standard InChI is InChI=1S/C6H10OS.C2H6/c1-5-2-3-8-4-6(5)7;1-2/h5H,2-4H2,1H3;1-2H3. The molecule has 0 spiro atoms. The summed E-state index contributed by atoms with van der Waals surface area (Å²) in [4.78, 5) is 10.8. The highest BCUT2D eigenvalue weighted by Crippen LogP contribution is 2.18. The summed E-state index contributed by atoms with van der Waals surface area (Å²) < 4.78 is 0. The fourth-order valence-electron chi connectivity index (χ4n) is 0.736. The van der Waals surface area contributed by atoms with Crippen molar-refractivity contribution in [2.24, 2.45) is 5.92 Å². The third-order valence-corrected chi connectivity index (χ3v) is 2.50. The molecule has 10 heavy (non-hydrogen) atoms. The topological polar surface area (TPSA) is 17.1 Å². The van der Waals surface area contributed by atoms with Crippen LogP contribution in [0.2, 0.25) is 0 Å². The van der Waals surface area contributed by atoms with E-state index in [0.717, 1.165) is 12.2 Å². The van der Waals surface area contributed by atoms with Crippen LogP contribution in [0.4, 0.5) is 0 Å². The first-order valence-electron chi connectivity index (χ1n) is 3.91. The Hall–Kier alpha value is 0.0200. The molecule has 1 aliphatic heterocycles. The Morgan fingerprint density at radius 3 is 2.40 bits per heavy atom. The first kappa shape index (κ1) is 10.0. The Balaban J connectivity index is 0.000000371. The molecule has 0 aromatic rings. The molecule has 1 aliphatic rings. The van der Waals surface area contributed by atoms with E-state index in [1.165, 1.54) is 5.75 Å². The van der Waals surface area contributed by atoms with Gasteiger partial charge in [0.1, 0.15) is 5.78 Å². The number of thioether (sulfide) groups is 1. The second-order valence-corrected chi connectivity index (χ2v) is 3.31. The highest BCUT2D eigenvalue weighted by molar-refractivity contribution is 8.00. The predicted octanol–water partition coefficient (Wildman–Crippen LogP) is 2.35. The second-order valence-electron chi connectivity index (χ2n) is 2.21. The normalized spacial score (nSPS) is 25.1. The molecule has 0 amide bonds. The molecule has 0 aromatic heterocycles. The summed E-state index contributed by atoms with van der Waals surface area (Å²) in [5.41, 5.74) is 0. The van der Waals surface area contributed by atoms with Crippen LogP contribution >= 0.6 is 11.8 Å². The van der Waals surface area contributed by atoms with Crippen LogP contribution in [0.5, 0.6) is 0 Å². The lowest BCUT2D eigenvalue weighted by molar-refractivity contribution is -0.120. The molecule has 1 saturated heterocycles. The van der Waals surface area contributed by atoms with Crippen LogP contribution in [0.25, 0.3) is 0 Å². The summed E-state index contributed by atoms with van der Waals surface area (Å²) >= 11 is 1.76. The van der Waals surface area contributed by atoms with Gasteiger partial charge in [-0.1, -0.05) is 20.8 Å². The molecule has 1 fully saturated rings. The van der Waals surface area contributed by atoms with Gasteiger partial charge in [-0.15, -0.1) is 0 Å². The highest BCUT2D eigenvalue weighted by atomic mass is 32.2. The molecule has 1 unspecified atom stereocenters. The van der Waals surface area contributed by atoms with E-state index in [9.17, 15) is 4.79 Å². The monoisotopic (exact) mass is 160 g/mol. The maximum atomic E-state index is 10.8. The molecule has 1 atom stereocenters. The van der Waals surface area contributed by atoms with Crippen LogP contribution in [0, 0.1) is 5.92 Å². The molecule has 60 valence electrons. The lowest BCUT2D eigenvalue weighted by atomic mass is 10.1. The summed E-state index contributed by atoms with van der Waals surface area (Å²) in [6, 6.07) is 0. The molecule has 0 bridgehead atoms. The Morgan fingerprint density at radius 2 is 2.10 bits per heavy atom. The number of carbonyl (C=O) groups excluding carboxylic acids is 1. The van der Waals surface area contributed by atoms with E-state index in [4.69, 9.17) is 0 Å². The van der Waals surface area contributed by atoms with Gasteiger partial charge < -0.3 is 0 Å². The van der Waals surface area contributed by atoms with Gasteiger partial charge in [0.2, 0.25) is 0 Å². The number of rotatable bonds is 0. The molecule has 0 aromatic carbocycles. The molecule has 0 saturated carbocycles. The summed E-state index contributed by atoms with van der Waals surface area (Å²) in [7, 11) is 0. The van der Waals surface area contributed by atoms with Crippen molar-refractivity contribution in [3.63, 3.8) is 0 Å². The number of hydrogen-bond acceptors (Lipinski definition) is 2. The fourth-order valence-corrected chi connectivity index (χ4v) is 1.89. The van der Waals surface area contributed by atoms with Crippen LogP contribution in [0.3, 0.4) is 0 Å². The third-order valence-electron chi connectivity index (χ3n) is 1.49. The van der Waals surface area contributed by atoms with Gasteiger partial charge >= 0.3 is 0 Å². The van der Waals surface area contributed by atoms with Gasteiger partial charge in [-0.3, -0.25) is 4.79 Å². The Morgan fingerprint density at radius 1 is 1.50 bits per heavy atom. The Labute approximate surface area is 67.6 Å². The quantitative estimate of drug-likeness (QED) is 0.541. The zero-order valence-corrected chi connectivity index (χ0v) is 7.83. The number of carbonyl (C=O) groups is 1. The molecule has 1 nitrogen and oxygen atoms in total. The van der Waals surface area contributed by atoms with Crippen molar-refractivity contribution in [1.82, 2.24) is 0 Å². The third kappa shape index (κ3) is 3.25. The summed E-state index contributed by atoms with van der Waals surface area (Å²) in [5, 5.41) is 0. The highest BCUT2D eigenvalue weighted by Gasteiger charge is 2.16. The molecule has 2 heteroatoms. The SMILES string of the molecule is CC.CC1CCSCC1=O. The summed E-state index contributed by atoms with van der Waals surface area (Å²) in [6.07, 6.45) is 1.09. The zero-order valence-electron chi connectivity index (χ0n) is 7.02. The van der Waals surface area contributed by atoms with E-state index in [1.54, 1.807) is 11.8 Å². The minimum Gasteiger partial charge on any atom is -0.298 e. The van der Waals surface area contributed by atoms with E-state index < -0.39 is 0 Å². The number of ketones is 1. The largest absolute Gasteiger partial charge is 0.298 e. The van der Waals surface area contributed by atoms with Crippen molar-refractivity contribution in [1.29, 1.82) is 0 Å². The van der Waals surface area contributed by atoms with Crippen LogP contribution in [0.1, 0.15) is 27.2 Å². The molecule has 0 N–H and O–H groups in total. The number of Topliss-reactive ketones (excluding diaryl/α,β-unsaturated/α-hetero) is 1. The summed E-state index contributed by atoms with van der Waals surface area (Å²) in [5.74, 6) is 2.70. The Bertz CT molecular complexity index is 101. The molecular weight excluding hydrogens is 144 g/mol. The first-order chi connectivity index (χ1) is 4.80. The summed E-state index contributed by atoms with van der Waals surface area (Å²) in [6.45, 7) is 6.02. The van der Waals surface area contributed by atoms with Gasteiger partial charge in [0.05, 0.1) is 5.75 Å². The van der Waals surface area contributed by atoms with E-state index in [2.05, 4.69) is 0 Å². The van der Waals surface area contributed by atoms with Crippen molar-refractivity contribution in [2.45, 2.75) is 27.2 Å². The van der Waals surface area contributed by atoms with Gasteiger partial charge in [-0.25, -0.2) is 0 Å². The van der Waals surface area contributed by atoms with E-state index in [-0.39, 0.29) is 0 Å². The minimum absolute atomic E-state index is 0.344. The zero-order chi connectivity index (χ0) is 7.98. The van der Waals surface area contributed by atoms with Crippen molar-refractivity contribution in [3.05, 3.63) is 0 Å². The van der Waals surface area contributed by atoms with Gasteiger partial charge in [-0.05, 0) is 12.2 Å². The van der Waals surface area contributed by atoms with Crippen LogP contribution in [-0.4, -0.2) is 17.3 Å². The predicted molar refractivity (Wildman–Crippen MR) is 47.5 cm³/mol. The van der Waals surface area contributed by atoms with Crippen molar-refractivity contribution in [3.8, 4) is 0 Å². The molecule has 1 heterocycles. The fraction of sp³-hybridized carbons (Fsp3) is 0.875. The van der Waals surface area contributed by atoms with E-state index in [0.29, 0.717) is 11.7 Å². The van der Waals surface area contributed by atoms with Gasteiger partial charge in [-0.2, -0.15) is 11.8 Å². The van der Waals surface area contributed by atoms with Crippen LogP contribution < -0.4 is 0 Å². The minimum atomic E-state index is 0.344. The van der Waals surface area contributed by atoms with Crippen LogP contribution in [0.15, 0.2) is 0 Å². The maximum absolute atomic E-state index is 10.8. The van der Waals surface area contributed by atoms with Crippen LogP contribution in [-0.2, 0) is 4.79 Å². The van der Waals surface area contributed by atoms with Gasteiger partial charge in [0.25, 0.3) is 0 Å². The Kier molecular flexibility index (Phi) is 5.79. The number of hydrogen-bond donors (Lipinski definition) is 0. The molecule has 0 radical (unpaired) electrons. The molecular formula is C8H16OS. The first-order valence-corrected chi connectivity index (χ1v) is 5.06. The maximum Gasteiger partial charge on any atom is 0.145 e. The van der Waals surface area contributed by atoms with Crippen molar-refractivity contribution < 1.29 is 4.79 Å². The van der Waals surface area contributed by atoms with E-state index in [1.807, 2.05) is 20.8 Å². The van der Waals surface area contributed by atoms with E-state index >= 15 is 0 Å². The van der Waals surface area contributed by atoms with Gasteiger partial charge in [0, 0.05) is 5.92 Å². The van der Waals surface area contributed by atoms with Crippen molar-refractivity contribution >= 4 is 17.5 Å². The van der Waals surface area contributed by atoms with Gasteiger partial charge in [0.15, 0.2) is 0 Å². The second kappa shape index (κ2) is 5.78.